The van der Waals surface area contributed by atoms with Crippen LogP contribution in [-0.2, 0) is 9.53 Å². The highest BCUT2D eigenvalue weighted by atomic mass is 16.5. The number of nitrogens with zero attached hydrogens (tertiary/aromatic N) is 3. The van der Waals surface area contributed by atoms with E-state index in [1.165, 1.54) is 0 Å². The van der Waals surface area contributed by atoms with E-state index in [9.17, 15) is 4.79 Å². The van der Waals surface area contributed by atoms with Gasteiger partial charge in [-0.25, -0.2) is 4.98 Å². The van der Waals surface area contributed by atoms with Gasteiger partial charge in [-0.2, -0.15) is 0 Å². The van der Waals surface area contributed by atoms with Crippen LogP contribution in [0.3, 0.4) is 0 Å². The van der Waals surface area contributed by atoms with Crippen LogP contribution in [0.5, 0.6) is 0 Å². The second-order valence-corrected chi connectivity index (χ2v) is 6.82. The first-order valence-corrected chi connectivity index (χ1v) is 9.06. The number of imidazole rings is 1. The zero-order valence-electron chi connectivity index (χ0n) is 15.1. The molecular weight excluding hydrogens is 326 g/mol. The molecule has 2 aromatic carbocycles. The molecule has 4 rings (SSSR count). The van der Waals surface area contributed by atoms with Gasteiger partial charge in [0.1, 0.15) is 12.4 Å². The fourth-order valence-electron chi connectivity index (χ4n) is 3.49. The van der Waals surface area contributed by atoms with Gasteiger partial charge >= 0.3 is 0 Å². The van der Waals surface area contributed by atoms with Crippen LogP contribution in [0, 0.1) is 0 Å². The molecule has 1 amide bonds. The molecule has 5 nitrogen and oxygen atoms in total. The number of aromatic nitrogens is 2. The molecule has 3 aromatic rings. The minimum absolute atomic E-state index is 0.000261. The maximum atomic E-state index is 12.5. The summed E-state index contributed by atoms with van der Waals surface area (Å²) in [5.74, 6) is 0.0691. The number of rotatable bonds is 4. The van der Waals surface area contributed by atoms with E-state index in [-0.39, 0.29) is 18.1 Å². The van der Waals surface area contributed by atoms with Gasteiger partial charge < -0.3 is 9.64 Å². The molecule has 5 heteroatoms. The molecule has 1 fully saturated rings. The molecule has 2 atom stereocenters. The number of carbonyl (C=O) groups excluding carboxylic acids is 1. The number of ether oxygens (including phenoxy) is 1. The Morgan fingerprint density at radius 2 is 2.00 bits per heavy atom. The van der Waals surface area contributed by atoms with E-state index in [4.69, 9.17) is 4.74 Å². The van der Waals surface area contributed by atoms with Crippen molar-refractivity contribution in [2.75, 3.05) is 13.7 Å². The van der Waals surface area contributed by atoms with Crippen LogP contribution in [0.1, 0.15) is 31.4 Å². The van der Waals surface area contributed by atoms with Gasteiger partial charge in [-0.15, -0.1) is 0 Å². The van der Waals surface area contributed by atoms with Gasteiger partial charge in [0, 0.05) is 19.3 Å². The molecule has 0 radical (unpaired) electrons. The van der Waals surface area contributed by atoms with Crippen LogP contribution in [0.2, 0.25) is 0 Å². The molecule has 0 N–H and O–H groups in total. The molecule has 1 aliphatic heterocycles. The first kappa shape index (κ1) is 16.8. The second kappa shape index (κ2) is 6.92. The summed E-state index contributed by atoms with van der Waals surface area (Å²) in [5, 5.41) is 0. The van der Waals surface area contributed by atoms with Crippen molar-refractivity contribution in [3.05, 3.63) is 60.4 Å². The first-order chi connectivity index (χ1) is 12.6. The number of benzene rings is 2. The Kier molecular flexibility index (Phi) is 4.47. The summed E-state index contributed by atoms with van der Waals surface area (Å²) in [6.45, 7) is 2.74. The molecule has 1 aromatic heterocycles. The van der Waals surface area contributed by atoms with E-state index in [1.54, 1.807) is 4.90 Å². The van der Waals surface area contributed by atoms with Crippen LogP contribution in [0.4, 0.5) is 0 Å². The van der Waals surface area contributed by atoms with E-state index in [0.29, 0.717) is 6.61 Å². The quantitative estimate of drug-likeness (QED) is 0.721. The smallest absolute Gasteiger partial charge is 0.251 e. The molecule has 0 saturated carbocycles. The number of hydrogen-bond donors (Lipinski definition) is 0. The van der Waals surface area contributed by atoms with E-state index in [0.717, 1.165) is 35.1 Å². The van der Waals surface area contributed by atoms with Crippen LogP contribution in [-0.4, -0.2) is 40.1 Å². The molecule has 0 spiro atoms. The van der Waals surface area contributed by atoms with Gasteiger partial charge in [0.15, 0.2) is 0 Å². The Balaban J connectivity index is 1.54. The summed E-state index contributed by atoms with van der Waals surface area (Å²) in [5.41, 5.74) is 4.22. The molecule has 2 heterocycles. The molecule has 134 valence electrons. The third-order valence-electron chi connectivity index (χ3n) is 5.24. The fourth-order valence-corrected chi connectivity index (χ4v) is 3.49. The molecule has 26 heavy (non-hydrogen) atoms. The van der Waals surface area contributed by atoms with Crippen molar-refractivity contribution in [1.29, 1.82) is 0 Å². The van der Waals surface area contributed by atoms with E-state index in [2.05, 4.69) is 46.8 Å². The summed E-state index contributed by atoms with van der Waals surface area (Å²) in [4.78, 5) is 18.8. The summed E-state index contributed by atoms with van der Waals surface area (Å²) in [6.07, 6.45) is 3.35. The highest BCUT2D eigenvalue weighted by molar-refractivity contribution is 5.81. The summed E-state index contributed by atoms with van der Waals surface area (Å²) < 4.78 is 7.60. The Labute approximate surface area is 153 Å². The van der Waals surface area contributed by atoms with Gasteiger partial charge in [-0.3, -0.25) is 9.36 Å². The van der Waals surface area contributed by atoms with Crippen LogP contribution in [0.25, 0.3) is 16.7 Å². The standard InChI is InChI=1S/C21H23N3O2/c1-15(23(2)21(25)20-8-5-13-26-20)16-9-11-17(12-10-16)24-14-22-18-6-3-4-7-19(18)24/h3-4,6-7,9-12,14-15,20H,5,8,13H2,1-2H3/t15-,20+/m1/s1. The Morgan fingerprint density at radius 3 is 2.73 bits per heavy atom. The SMILES string of the molecule is C[C@H](c1ccc(-n2cnc3ccccc32)cc1)N(C)C(=O)[C@@H]1CCCO1. The number of carbonyl (C=O) groups is 1. The zero-order chi connectivity index (χ0) is 18.1. The highest BCUT2D eigenvalue weighted by Crippen LogP contribution is 2.25. The Bertz CT molecular complexity index is 910. The van der Waals surface area contributed by atoms with Crippen LogP contribution in [0.15, 0.2) is 54.9 Å². The average molecular weight is 349 g/mol. The molecule has 1 saturated heterocycles. The monoisotopic (exact) mass is 349 g/mol. The molecule has 1 aliphatic rings. The van der Waals surface area contributed by atoms with E-state index >= 15 is 0 Å². The van der Waals surface area contributed by atoms with Crippen molar-refractivity contribution in [2.45, 2.75) is 31.9 Å². The van der Waals surface area contributed by atoms with Crippen molar-refractivity contribution in [3.8, 4) is 5.69 Å². The minimum atomic E-state index is -0.279. The van der Waals surface area contributed by atoms with Gasteiger partial charge in [-0.05, 0) is 49.6 Å². The van der Waals surface area contributed by atoms with Crippen molar-refractivity contribution < 1.29 is 9.53 Å². The van der Waals surface area contributed by atoms with Crippen LogP contribution < -0.4 is 0 Å². The lowest BCUT2D eigenvalue weighted by atomic mass is 10.1. The second-order valence-electron chi connectivity index (χ2n) is 6.82. The van der Waals surface area contributed by atoms with Crippen molar-refractivity contribution in [3.63, 3.8) is 0 Å². The lowest BCUT2D eigenvalue weighted by Gasteiger charge is -2.27. The third-order valence-corrected chi connectivity index (χ3v) is 5.24. The fraction of sp³-hybridized carbons (Fsp3) is 0.333. The maximum Gasteiger partial charge on any atom is 0.251 e. The van der Waals surface area contributed by atoms with Crippen LogP contribution >= 0.6 is 0 Å². The van der Waals surface area contributed by atoms with Gasteiger partial charge in [0.25, 0.3) is 5.91 Å². The van der Waals surface area contributed by atoms with Crippen molar-refractivity contribution in [2.24, 2.45) is 0 Å². The Morgan fingerprint density at radius 1 is 1.23 bits per heavy atom. The van der Waals surface area contributed by atoms with E-state index < -0.39 is 0 Å². The first-order valence-electron chi connectivity index (χ1n) is 9.06. The van der Waals surface area contributed by atoms with Gasteiger partial charge in [-0.1, -0.05) is 24.3 Å². The number of para-hydroxylation sites is 2. The predicted molar refractivity (Wildman–Crippen MR) is 101 cm³/mol. The largest absolute Gasteiger partial charge is 0.368 e. The molecule has 0 aliphatic carbocycles. The maximum absolute atomic E-state index is 12.5. The number of amides is 1. The van der Waals surface area contributed by atoms with Crippen molar-refractivity contribution >= 4 is 16.9 Å². The summed E-state index contributed by atoms with van der Waals surface area (Å²) >= 11 is 0. The van der Waals surface area contributed by atoms with E-state index in [1.807, 2.05) is 31.6 Å². The topological polar surface area (TPSA) is 47.4 Å². The highest BCUT2D eigenvalue weighted by Gasteiger charge is 2.29. The lowest BCUT2D eigenvalue weighted by molar-refractivity contribution is -0.141. The average Bonchev–Trinajstić information content (AvgIpc) is 3.36. The molecule has 0 unspecified atom stereocenters. The van der Waals surface area contributed by atoms with Gasteiger partial charge in [0.05, 0.1) is 17.1 Å². The minimum Gasteiger partial charge on any atom is -0.368 e. The zero-order valence-corrected chi connectivity index (χ0v) is 15.1. The molecular formula is C21H23N3O2. The normalized spacial score (nSPS) is 18.2. The number of likely N-dealkylation sites (N-methyl/N-ethyl adjacent to an activating group) is 1. The lowest BCUT2D eigenvalue weighted by Crippen LogP contribution is -2.37. The summed E-state index contributed by atoms with van der Waals surface area (Å²) in [6, 6.07) is 16.4. The summed E-state index contributed by atoms with van der Waals surface area (Å²) in [7, 11) is 1.85. The third kappa shape index (κ3) is 2.99. The number of hydrogen-bond acceptors (Lipinski definition) is 3. The Hall–Kier alpha value is -2.66. The van der Waals surface area contributed by atoms with Gasteiger partial charge in [0.2, 0.25) is 0 Å². The number of fused-ring (bicyclic) bond motifs is 1. The molecule has 0 bridgehead atoms. The van der Waals surface area contributed by atoms with Crippen molar-refractivity contribution in [1.82, 2.24) is 14.5 Å². The predicted octanol–water partition coefficient (Wildman–Crippen LogP) is 3.72.